The average molecular weight is 559 g/mol. The maximum absolute atomic E-state index is 14.2. The predicted molar refractivity (Wildman–Crippen MR) is 150 cm³/mol. The Morgan fingerprint density at radius 1 is 1.18 bits per heavy atom. The monoisotopic (exact) mass is 558 g/mol. The molecular formula is C29H42N4O5S. The molecule has 4 aliphatic rings. The number of likely N-dealkylation sites (tertiary alicyclic amines) is 1. The van der Waals surface area contributed by atoms with Crippen LogP contribution in [0.4, 0.5) is 0 Å². The van der Waals surface area contributed by atoms with Crippen LogP contribution in [-0.4, -0.2) is 101 Å². The Hall–Kier alpha value is -2.14. The number of rotatable bonds is 11. The minimum atomic E-state index is -0.701. The number of amides is 3. The third-order valence-corrected chi connectivity index (χ3v) is 11.2. The SMILES string of the molecule is CC[C@H](C)[C@H](CO)N1C(=O)[C@@H]2[C@H](C(=O)NCc3ccccc3)[C@@H]3CCC2(S3)C1C(=O)NCCN1CCOCC1. The average Bonchev–Trinajstić information content (AvgIpc) is 3.61. The third-order valence-electron chi connectivity index (χ3n) is 9.27. The topological polar surface area (TPSA) is 111 Å². The van der Waals surface area contributed by atoms with Crippen molar-refractivity contribution in [3.63, 3.8) is 0 Å². The molecule has 2 bridgehead atoms. The van der Waals surface area contributed by atoms with Crippen LogP contribution in [0.25, 0.3) is 0 Å². The van der Waals surface area contributed by atoms with Gasteiger partial charge in [-0.15, -0.1) is 11.8 Å². The number of ether oxygens (including phenoxy) is 1. The molecule has 39 heavy (non-hydrogen) atoms. The summed E-state index contributed by atoms with van der Waals surface area (Å²) in [5.41, 5.74) is 1.00. The van der Waals surface area contributed by atoms with Gasteiger partial charge in [0.25, 0.3) is 0 Å². The molecular weight excluding hydrogens is 516 g/mol. The zero-order valence-electron chi connectivity index (χ0n) is 23.0. The van der Waals surface area contributed by atoms with Crippen LogP contribution in [0.2, 0.25) is 0 Å². The van der Waals surface area contributed by atoms with Crippen molar-refractivity contribution in [3.05, 3.63) is 35.9 Å². The molecule has 1 aromatic carbocycles. The van der Waals surface area contributed by atoms with Crippen LogP contribution in [0.1, 0.15) is 38.7 Å². The molecule has 4 aliphatic heterocycles. The van der Waals surface area contributed by atoms with Gasteiger partial charge in [-0.1, -0.05) is 50.6 Å². The Morgan fingerprint density at radius 2 is 1.92 bits per heavy atom. The molecule has 9 nitrogen and oxygen atoms in total. The number of nitrogens with zero attached hydrogens (tertiary/aromatic N) is 2. The highest BCUT2D eigenvalue weighted by atomic mass is 32.2. The number of aliphatic hydroxyl groups is 1. The second-order valence-corrected chi connectivity index (χ2v) is 13.0. The van der Waals surface area contributed by atoms with Crippen molar-refractivity contribution in [2.75, 3.05) is 46.0 Å². The molecule has 3 N–H and O–H groups in total. The molecule has 1 aromatic rings. The zero-order chi connectivity index (χ0) is 27.6. The minimum Gasteiger partial charge on any atom is -0.394 e. The van der Waals surface area contributed by atoms with Gasteiger partial charge in [0.1, 0.15) is 6.04 Å². The summed E-state index contributed by atoms with van der Waals surface area (Å²) in [6, 6.07) is 8.58. The maximum Gasteiger partial charge on any atom is 0.244 e. The summed E-state index contributed by atoms with van der Waals surface area (Å²) in [6.07, 6.45) is 2.29. The van der Waals surface area contributed by atoms with Gasteiger partial charge < -0.3 is 25.4 Å². The first-order valence-electron chi connectivity index (χ1n) is 14.4. The molecule has 0 aromatic heterocycles. The molecule has 0 radical (unpaired) electrons. The first-order chi connectivity index (χ1) is 18.9. The predicted octanol–water partition coefficient (Wildman–Crippen LogP) is 1.25. The number of benzene rings is 1. The van der Waals surface area contributed by atoms with E-state index in [0.717, 1.165) is 44.5 Å². The Bertz CT molecular complexity index is 1040. The first kappa shape index (κ1) is 28.4. The molecule has 4 fully saturated rings. The molecule has 5 rings (SSSR count). The maximum atomic E-state index is 14.2. The van der Waals surface area contributed by atoms with Crippen LogP contribution in [-0.2, 0) is 25.7 Å². The zero-order valence-corrected chi connectivity index (χ0v) is 23.8. The van der Waals surface area contributed by atoms with Gasteiger partial charge in [-0.3, -0.25) is 19.3 Å². The number of hydrogen-bond acceptors (Lipinski definition) is 7. The van der Waals surface area contributed by atoms with Crippen LogP contribution < -0.4 is 10.6 Å². The molecule has 7 atom stereocenters. The molecule has 10 heteroatoms. The van der Waals surface area contributed by atoms with E-state index in [2.05, 4.69) is 15.5 Å². The van der Waals surface area contributed by atoms with Crippen molar-refractivity contribution in [1.29, 1.82) is 0 Å². The number of carbonyl (C=O) groups is 3. The van der Waals surface area contributed by atoms with Gasteiger partial charge >= 0.3 is 0 Å². The van der Waals surface area contributed by atoms with Gasteiger partial charge in [0, 0.05) is 38.0 Å². The van der Waals surface area contributed by atoms with E-state index < -0.39 is 28.7 Å². The van der Waals surface area contributed by atoms with Crippen molar-refractivity contribution >= 4 is 29.5 Å². The summed E-state index contributed by atoms with van der Waals surface area (Å²) in [5, 5.41) is 16.6. The minimum absolute atomic E-state index is 0.0108. The van der Waals surface area contributed by atoms with Gasteiger partial charge in [0.05, 0.1) is 42.4 Å². The fourth-order valence-electron chi connectivity index (χ4n) is 7.02. The number of fused-ring (bicyclic) bond motifs is 1. The lowest BCUT2D eigenvalue weighted by Crippen LogP contribution is -2.58. The highest BCUT2D eigenvalue weighted by Gasteiger charge is 2.74. The van der Waals surface area contributed by atoms with Crippen LogP contribution in [0, 0.1) is 17.8 Å². The van der Waals surface area contributed by atoms with Crippen LogP contribution in [0.15, 0.2) is 30.3 Å². The Labute approximate surface area is 235 Å². The number of aliphatic hydroxyl groups excluding tert-OH is 1. The lowest BCUT2D eigenvalue weighted by Gasteiger charge is -2.39. The van der Waals surface area contributed by atoms with Crippen molar-refractivity contribution in [2.24, 2.45) is 17.8 Å². The molecule has 3 amide bonds. The number of thioether (sulfide) groups is 1. The van der Waals surface area contributed by atoms with E-state index in [4.69, 9.17) is 4.74 Å². The summed E-state index contributed by atoms with van der Waals surface area (Å²) in [5.74, 6) is -1.47. The molecule has 1 spiro atoms. The quantitative estimate of drug-likeness (QED) is 0.375. The summed E-state index contributed by atoms with van der Waals surface area (Å²) in [6.45, 7) is 8.53. The Balaban J connectivity index is 1.38. The van der Waals surface area contributed by atoms with E-state index in [-0.39, 0.29) is 35.5 Å². The molecule has 2 unspecified atom stereocenters. The van der Waals surface area contributed by atoms with Crippen molar-refractivity contribution in [2.45, 2.75) is 61.7 Å². The fourth-order valence-corrected chi connectivity index (χ4v) is 9.23. The van der Waals surface area contributed by atoms with Crippen LogP contribution in [0.3, 0.4) is 0 Å². The van der Waals surface area contributed by atoms with E-state index in [1.54, 1.807) is 16.7 Å². The summed E-state index contributed by atoms with van der Waals surface area (Å²) >= 11 is 1.67. The van der Waals surface area contributed by atoms with E-state index in [9.17, 15) is 19.5 Å². The standard InChI is InChI=1S/C29H42N4O5S/c1-3-19(2)21(18-34)33-25(27(36)30-11-12-32-13-15-38-16-14-32)29-10-9-22(39-29)23(24(29)28(33)37)26(35)31-17-20-7-5-4-6-8-20/h4-8,19,21-25,34H,3,9-18H2,1-2H3,(H,30,36)(H,31,35)/t19-,21-,22-,23+,24-,25?,29?/m0/s1. The lowest BCUT2D eigenvalue weighted by atomic mass is 9.70. The molecule has 214 valence electrons. The number of morpholine rings is 1. The molecule has 4 heterocycles. The lowest BCUT2D eigenvalue weighted by molar-refractivity contribution is -0.144. The number of carbonyl (C=O) groups excluding carboxylic acids is 3. The summed E-state index contributed by atoms with van der Waals surface area (Å²) in [7, 11) is 0. The highest BCUT2D eigenvalue weighted by Crippen LogP contribution is 2.66. The van der Waals surface area contributed by atoms with E-state index in [1.807, 2.05) is 44.2 Å². The fraction of sp³-hybridized carbons (Fsp3) is 0.690. The smallest absolute Gasteiger partial charge is 0.244 e. The molecule has 0 aliphatic carbocycles. The van der Waals surface area contributed by atoms with Crippen LogP contribution in [0.5, 0.6) is 0 Å². The Kier molecular flexibility index (Phi) is 8.85. The van der Waals surface area contributed by atoms with Gasteiger partial charge in [-0.05, 0) is 24.3 Å². The van der Waals surface area contributed by atoms with Crippen molar-refractivity contribution < 1.29 is 24.2 Å². The second-order valence-electron chi connectivity index (χ2n) is 11.4. The highest BCUT2D eigenvalue weighted by molar-refractivity contribution is 8.02. The number of hydrogen-bond donors (Lipinski definition) is 3. The van der Waals surface area contributed by atoms with E-state index in [1.165, 1.54) is 0 Å². The van der Waals surface area contributed by atoms with Gasteiger partial charge in [-0.25, -0.2) is 0 Å². The normalized spacial score (nSPS) is 31.7. The molecule has 4 saturated heterocycles. The molecule has 0 saturated carbocycles. The van der Waals surface area contributed by atoms with Gasteiger partial charge in [0.2, 0.25) is 17.7 Å². The van der Waals surface area contributed by atoms with Gasteiger partial charge in [0.15, 0.2) is 0 Å². The number of nitrogens with one attached hydrogen (secondary N) is 2. The largest absolute Gasteiger partial charge is 0.394 e. The van der Waals surface area contributed by atoms with Crippen molar-refractivity contribution in [1.82, 2.24) is 20.4 Å². The van der Waals surface area contributed by atoms with Crippen LogP contribution >= 0.6 is 11.8 Å². The first-order valence-corrected chi connectivity index (χ1v) is 15.3. The summed E-state index contributed by atoms with van der Waals surface area (Å²) < 4.78 is 4.77. The third kappa shape index (κ3) is 5.33. The van der Waals surface area contributed by atoms with Gasteiger partial charge in [-0.2, -0.15) is 0 Å². The second kappa shape index (κ2) is 12.2. The van der Waals surface area contributed by atoms with E-state index >= 15 is 0 Å². The summed E-state index contributed by atoms with van der Waals surface area (Å²) in [4.78, 5) is 45.7. The van der Waals surface area contributed by atoms with Crippen molar-refractivity contribution in [3.8, 4) is 0 Å². The Morgan fingerprint density at radius 3 is 2.62 bits per heavy atom. The van der Waals surface area contributed by atoms with E-state index in [0.29, 0.717) is 26.3 Å².